The van der Waals surface area contributed by atoms with Gasteiger partial charge in [0.1, 0.15) is 5.82 Å². The quantitative estimate of drug-likeness (QED) is 0.907. The van der Waals surface area contributed by atoms with Gasteiger partial charge in [-0.25, -0.2) is 4.39 Å². The number of likely N-dealkylation sites (tertiary alicyclic amines) is 1. The molecule has 5 heteroatoms. The minimum Gasteiger partial charge on any atom is -0.353 e. The van der Waals surface area contributed by atoms with Gasteiger partial charge in [-0.1, -0.05) is 25.5 Å². The molecule has 1 fully saturated rings. The summed E-state index contributed by atoms with van der Waals surface area (Å²) in [6.07, 6.45) is 3.27. The van der Waals surface area contributed by atoms with Crippen LogP contribution in [0.3, 0.4) is 0 Å². The van der Waals surface area contributed by atoms with Gasteiger partial charge in [0.15, 0.2) is 0 Å². The Hall–Kier alpha value is -1.91. The van der Waals surface area contributed by atoms with Gasteiger partial charge < -0.3 is 10.2 Å². The van der Waals surface area contributed by atoms with Crippen LogP contribution in [-0.2, 0) is 4.79 Å². The van der Waals surface area contributed by atoms with E-state index < -0.39 is 5.82 Å². The largest absolute Gasteiger partial charge is 0.353 e. The van der Waals surface area contributed by atoms with Crippen LogP contribution in [-0.4, -0.2) is 35.8 Å². The van der Waals surface area contributed by atoms with E-state index in [9.17, 15) is 14.0 Å². The topological polar surface area (TPSA) is 49.4 Å². The molecular weight excluding hydrogens is 295 g/mol. The van der Waals surface area contributed by atoms with Crippen LogP contribution in [0.15, 0.2) is 24.3 Å². The van der Waals surface area contributed by atoms with E-state index >= 15 is 0 Å². The molecule has 1 atom stereocenters. The molecule has 126 valence electrons. The molecule has 1 aliphatic rings. The zero-order valence-electron chi connectivity index (χ0n) is 13.8. The zero-order chi connectivity index (χ0) is 16.8. The first-order valence-electron chi connectivity index (χ1n) is 8.37. The lowest BCUT2D eigenvalue weighted by molar-refractivity contribution is -0.126. The van der Waals surface area contributed by atoms with Gasteiger partial charge in [0.2, 0.25) is 5.91 Å². The van der Waals surface area contributed by atoms with E-state index in [2.05, 4.69) is 12.2 Å². The number of nitrogens with zero attached hydrogens (tertiary/aromatic N) is 1. The third-order valence-electron chi connectivity index (χ3n) is 4.37. The van der Waals surface area contributed by atoms with Crippen molar-refractivity contribution in [2.75, 3.05) is 13.1 Å². The summed E-state index contributed by atoms with van der Waals surface area (Å²) in [5.41, 5.74) is 0.104. The lowest BCUT2D eigenvalue weighted by Gasteiger charge is -2.32. The summed E-state index contributed by atoms with van der Waals surface area (Å²) < 4.78 is 13.7. The molecule has 1 heterocycles. The number of rotatable bonds is 5. The number of amides is 2. The monoisotopic (exact) mass is 320 g/mol. The SMILES string of the molecule is CCC[C@@H](C)NC(=O)C1CCN(C(=O)c2ccccc2F)CC1. The van der Waals surface area contributed by atoms with E-state index in [0.717, 1.165) is 12.8 Å². The highest BCUT2D eigenvalue weighted by molar-refractivity contribution is 5.94. The molecule has 1 saturated heterocycles. The highest BCUT2D eigenvalue weighted by Gasteiger charge is 2.29. The Morgan fingerprint density at radius 2 is 1.96 bits per heavy atom. The van der Waals surface area contributed by atoms with Crippen LogP contribution in [0.5, 0.6) is 0 Å². The number of carbonyl (C=O) groups is 2. The molecule has 23 heavy (non-hydrogen) atoms. The van der Waals surface area contributed by atoms with Crippen molar-refractivity contribution in [3.63, 3.8) is 0 Å². The number of benzene rings is 1. The van der Waals surface area contributed by atoms with Crippen LogP contribution in [0.1, 0.15) is 49.9 Å². The molecule has 0 bridgehead atoms. The minimum atomic E-state index is -0.495. The number of hydrogen-bond donors (Lipinski definition) is 1. The van der Waals surface area contributed by atoms with Crippen LogP contribution < -0.4 is 5.32 Å². The Bertz CT molecular complexity index is 554. The van der Waals surface area contributed by atoms with Crippen LogP contribution in [0.25, 0.3) is 0 Å². The van der Waals surface area contributed by atoms with Gasteiger partial charge in [-0.05, 0) is 38.3 Å². The highest BCUT2D eigenvalue weighted by atomic mass is 19.1. The highest BCUT2D eigenvalue weighted by Crippen LogP contribution is 2.20. The van der Waals surface area contributed by atoms with Crippen molar-refractivity contribution in [1.29, 1.82) is 0 Å². The summed E-state index contributed by atoms with van der Waals surface area (Å²) >= 11 is 0. The fraction of sp³-hybridized carbons (Fsp3) is 0.556. The van der Waals surface area contributed by atoms with Gasteiger partial charge in [-0.2, -0.15) is 0 Å². The summed E-state index contributed by atoms with van der Waals surface area (Å²) in [6, 6.07) is 6.21. The average molecular weight is 320 g/mol. The summed E-state index contributed by atoms with van der Waals surface area (Å²) in [7, 11) is 0. The number of hydrogen-bond acceptors (Lipinski definition) is 2. The normalized spacial score (nSPS) is 16.9. The van der Waals surface area contributed by atoms with Crippen LogP contribution in [0.2, 0.25) is 0 Å². The zero-order valence-corrected chi connectivity index (χ0v) is 13.8. The molecular formula is C18H25FN2O2. The third kappa shape index (κ3) is 4.53. The molecule has 4 nitrogen and oxygen atoms in total. The molecule has 1 N–H and O–H groups in total. The standard InChI is InChI=1S/C18H25FN2O2/c1-3-6-13(2)20-17(22)14-9-11-21(12-10-14)18(23)15-7-4-5-8-16(15)19/h4-5,7-8,13-14H,3,6,9-12H2,1-2H3,(H,20,22)/t13-/m1/s1. The molecule has 2 amide bonds. The first-order chi connectivity index (χ1) is 11.0. The van der Waals surface area contributed by atoms with E-state index in [-0.39, 0.29) is 29.3 Å². The van der Waals surface area contributed by atoms with Crippen molar-refractivity contribution in [2.45, 2.75) is 45.6 Å². The van der Waals surface area contributed by atoms with Crippen molar-refractivity contribution in [2.24, 2.45) is 5.92 Å². The maximum absolute atomic E-state index is 13.7. The Kier molecular flexibility index (Phi) is 6.13. The molecule has 0 aromatic heterocycles. The maximum Gasteiger partial charge on any atom is 0.256 e. The van der Waals surface area contributed by atoms with Crippen molar-refractivity contribution >= 4 is 11.8 Å². The first kappa shape index (κ1) is 17.4. The number of piperidine rings is 1. The molecule has 2 rings (SSSR count). The number of nitrogens with one attached hydrogen (secondary N) is 1. The first-order valence-corrected chi connectivity index (χ1v) is 8.37. The predicted octanol–water partition coefficient (Wildman–Crippen LogP) is 2.98. The van der Waals surface area contributed by atoms with Crippen molar-refractivity contribution in [1.82, 2.24) is 10.2 Å². The minimum absolute atomic E-state index is 0.0565. The second kappa shape index (κ2) is 8.09. The summed E-state index contributed by atoms with van der Waals surface area (Å²) in [5.74, 6) is -0.769. The molecule has 0 spiro atoms. The van der Waals surface area contributed by atoms with Gasteiger partial charge in [0.25, 0.3) is 5.91 Å². The second-order valence-corrected chi connectivity index (χ2v) is 6.24. The Morgan fingerprint density at radius 3 is 2.57 bits per heavy atom. The third-order valence-corrected chi connectivity index (χ3v) is 4.37. The molecule has 1 aromatic rings. The summed E-state index contributed by atoms with van der Waals surface area (Å²) in [5, 5.41) is 3.03. The van der Waals surface area contributed by atoms with E-state index in [1.807, 2.05) is 6.92 Å². The molecule has 1 aliphatic heterocycles. The van der Waals surface area contributed by atoms with Crippen LogP contribution >= 0.6 is 0 Å². The van der Waals surface area contributed by atoms with Crippen LogP contribution in [0, 0.1) is 11.7 Å². The summed E-state index contributed by atoms with van der Waals surface area (Å²) in [4.78, 5) is 26.2. The summed E-state index contributed by atoms with van der Waals surface area (Å²) in [6.45, 7) is 5.09. The van der Waals surface area contributed by atoms with E-state index in [4.69, 9.17) is 0 Å². The molecule has 0 saturated carbocycles. The van der Waals surface area contributed by atoms with Crippen molar-refractivity contribution in [3.8, 4) is 0 Å². The van der Waals surface area contributed by atoms with Crippen molar-refractivity contribution < 1.29 is 14.0 Å². The maximum atomic E-state index is 13.7. The molecule has 0 aliphatic carbocycles. The number of halogens is 1. The van der Waals surface area contributed by atoms with E-state index in [1.54, 1.807) is 17.0 Å². The molecule has 0 unspecified atom stereocenters. The lowest BCUT2D eigenvalue weighted by Crippen LogP contribution is -2.45. The fourth-order valence-corrected chi connectivity index (χ4v) is 3.02. The van der Waals surface area contributed by atoms with Crippen LogP contribution in [0.4, 0.5) is 4.39 Å². The smallest absolute Gasteiger partial charge is 0.256 e. The fourth-order valence-electron chi connectivity index (χ4n) is 3.02. The van der Waals surface area contributed by atoms with E-state index in [0.29, 0.717) is 25.9 Å². The van der Waals surface area contributed by atoms with Gasteiger partial charge in [-0.3, -0.25) is 9.59 Å². The Labute approximate surface area is 137 Å². The van der Waals surface area contributed by atoms with Gasteiger partial charge in [-0.15, -0.1) is 0 Å². The van der Waals surface area contributed by atoms with E-state index in [1.165, 1.54) is 12.1 Å². The second-order valence-electron chi connectivity index (χ2n) is 6.24. The van der Waals surface area contributed by atoms with Gasteiger partial charge in [0.05, 0.1) is 5.56 Å². The van der Waals surface area contributed by atoms with Crippen molar-refractivity contribution in [3.05, 3.63) is 35.6 Å². The Morgan fingerprint density at radius 1 is 1.30 bits per heavy atom. The average Bonchev–Trinajstić information content (AvgIpc) is 2.55. The lowest BCUT2D eigenvalue weighted by atomic mass is 9.95. The Balaban J connectivity index is 1.87. The van der Waals surface area contributed by atoms with Gasteiger partial charge >= 0.3 is 0 Å². The molecule has 1 aromatic carbocycles. The number of carbonyl (C=O) groups excluding carboxylic acids is 2. The molecule has 0 radical (unpaired) electrons. The predicted molar refractivity (Wildman–Crippen MR) is 87.5 cm³/mol. The van der Waals surface area contributed by atoms with Gasteiger partial charge in [0, 0.05) is 25.0 Å².